The number of rotatable bonds is 5. The normalized spacial score (nSPS) is 14.6. The number of carboxylic acid groups (broad SMARTS) is 1. The number of nitrogens with zero attached hydrogens (tertiary/aromatic N) is 2. The number of aromatic carboxylic acids is 1. The number of carboxylic acids is 1. The van der Waals surface area contributed by atoms with Crippen LogP contribution < -0.4 is 4.90 Å². The van der Waals surface area contributed by atoms with Crippen LogP contribution >= 0.6 is 0 Å². The first-order chi connectivity index (χ1) is 10.1. The number of hydrogen-bond donors (Lipinski definition) is 1. The smallest absolute Gasteiger partial charge is 0.336 e. The lowest BCUT2D eigenvalue weighted by Crippen LogP contribution is -2.33. The second-order valence-corrected chi connectivity index (χ2v) is 6.04. The van der Waals surface area contributed by atoms with E-state index in [9.17, 15) is 9.90 Å². The fourth-order valence-corrected chi connectivity index (χ4v) is 2.64. The molecule has 1 heterocycles. The summed E-state index contributed by atoms with van der Waals surface area (Å²) in [5.41, 5.74) is 1.05. The van der Waals surface area contributed by atoms with E-state index in [-0.39, 0.29) is 0 Å². The highest BCUT2D eigenvalue weighted by molar-refractivity contribution is 6.02. The molecular weight excluding hydrogens is 264 g/mol. The molecule has 2 aromatic rings. The second-order valence-electron chi connectivity index (χ2n) is 6.04. The third kappa shape index (κ3) is 2.84. The van der Waals surface area contributed by atoms with E-state index < -0.39 is 5.97 Å². The molecule has 0 amide bonds. The van der Waals surface area contributed by atoms with Crippen molar-refractivity contribution in [2.75, 3.05) is 11.4 Å². The molecule has 3 rings (SSSR count). The van der Waals surface area contributed by atoms with Crippen molar-refractivity contribution in [2.45, 2.75) is 32.7 Å². The van der Waals surface area contributed by atoms with Gasteiger partial charge in [-0.2, -0.15) is 0 Å². The summed E-state index contributed by atoms with van der Waals surface area (Å²) in [6.45, 7) is 5.37. The van der Waals surface area contributed by atoms with E-state index in [0.29, 0.717) is 17.0 Å². The van der Waals surface area contributed by atoms with E-state index >= 15 is 0 Å². The number of fused-ring (bicyclic) bond motifs is 1. The van der Waals surface area contributed by atoms with Gasteiger partial charge in [0.25, 0.3) is 0 Å². The predicted octanol–water partition coefficient (Wildman–Crippen LogP) is 3.56. The molecule has 0 aliphatic heterocycles. The zero-order chi connectivity index (χ0) is 15.0. The molecule has 0 spiro atoms. The maximum Gasteiger partial charge on any atom is 0.336 e. The Morgan fingerprint density at radius 2 is 2.10 bits per heavy atom. The first-order valence-electron chi connectivity index (χ1n) is 7.46. The fourth-order valence-electron chi connectivity index (χ4n) is 2.64. The van der Waals surface area contributed by atoms with Crippen LogP contribution in [0, 0.1) is 5.92 Å². The minimum atomic E-state index is -0.908. The molecule has 1 fully saturated rings. The van der Waals surface area contributed by atoms with Crippen LogP contribution in [0.4, 0.5) is 5.82 Å². The lowest BCUT2D eigenvalue weighted by Gasteiger charge is -2.28. The summed E-state index contributed by atoms with van der Waals surface area (Å²) in [4.78, 5) is 18.3. The van der Waals surface area contributed by atoms with Crippen LogP contribution in [-0.4, -0.2) is 28.6 Å². The van der Waals surface area contributed by atoms with Crippen LogP contribution in [0.5, 0.6) is 0 Å². The Hall–Kier alpha value is -2.10. The molecule has 110 valence electrons. The molecule has 0 saturated heterocycles. The van der Waals surface area contributed by atoms with Crippen molar-refractivity contribution in [2.24, 2.45) is 5.92 Å². The first kappa shape index (κ1) is 13.9. The van der Waals surface area contributed by atoms with Crippen molar-refractivity contribution >= 4 is 22.7 Å². The van der Waals surface area contributed by atoms with Gasteiger partial charge in [0.1, 0.15) is 5.82 Å². The fraction of sp³-hybridized carbons (Fsp3) is 0.412. The highest BCUT2D eigenvalue weighted by atomic mass is 16.4. The predicted molar refractivity (Wildman–Crippen MR) is 83.9 cm³/mol. The van der Waals surface area contributed by atoms with Crippen molar-refractivity contribution in [1.29, 1.82) is 0 Å². The van der Waals surface area contributed by atoms with Gasteiger partial charge in [0.15, 0.2) is 0 Å². The molecule has 1 N–H and O–H groups in total. The summed E-state index contributed by atoms with van der Waals surface area (Å²) in [5.74, 6) is 0.816. The molecule has 4 nitrogen and oxygen atoms in total. The highest BCUT2D eigenvalue weighted by Gasteiger charge is 2.26. The molecule has 4 heteroatoms. The van der Waals surface area contributed by atoms with Gasteiger partial charge in [-0.1, -0.05) is 6.07 Å². The Balaban J connectivity index is 2.01. The van der Waals surface area contributed by atoms with E-state index in [1.807, 2.05) is 18.2 Å². The van der Waals surface area contributed by atoms with E-state index in [2.05, 4.69) is 23.7 Å². The minimum Gasteiger partial charge on any atom is -0.478 e. The third-order valence-corrected chi connectivity index (χ3v) is 4.02. The van der Waals surface area contributed by atoms with Gasteiger partial charge in [-0.15, -0.1) is 0 Å². The SMILES string of the molecule is CC(C)N(CC1CC1)c1ccc2c(C(=O)O)cccc2n1. The summed E-state index contributed by atoms with van der Waals surface area (Å²) in [6, 6.07) is 9.46. The van der Waals surface area contributed by atoms with Crippen LogP contribution in [0.15, 0.2) is 30.3 Å². The zero-order valence-corrected chi connectivity index (χ0v) is 12.4. The Kier molecular flexibility index (Phi) is 3.53. The molecule has 1 aromatic carbocycles. The molecule has 1 aromatic heterocycles. The van der Waals surface area contributed by atoms with Gasteiger partial charge >= 0.3 is 5.97 Å². The van der Waals surface area contributed by atoms with Crippen molar-refractivity contribution < 1.29 is 9.90 Å². The van der Waals surface area contributed by atoms with Crippen LogP contribution in [0.3, 0.4) is 0 Å². The number of hydrogen-bond acceptors (Lipinski definition) is 3. The maximum atomic E-state index is 11.3. The summed E-state index contributed by atoms with van der Waals surface area (Å²) in [7, 11) is 0. The van der Waals surface area contributed by atoms with Crippen molar-refractivity contribution in [3.8, 4) is 0 Å². The maximum absolute atomic E-state index is 11.3. The standard InChI is InChI=1S/C17H20N2O2/c1-11(2)19(10-12-6-7-12)16-9-8-13-14(17(20)21)4-3-5-15(13)18-16/h3-5,8-9,11-12H,6-7,10H2,1-2H3,(H,20,21). The molecule has 1 aliphatic rings. The van der Waals surface area contributed by atoms with E-state index in [1.165, 1.54) is 12.8 Å². The third-order valence-electron chi connectivity index (χ3n) is 4.02. The van der Waals surface area contributed by atoms with Crippen LogP contribution in [0.1, 0.15) is 37.0 Å². The first-order valence-corrected chi connectivity index (χ1v) is 7.46. The quantitative estimate of drug-likeness (QED) is 0.912. The van der Waals surface area contributed by atoms with Gasteiger partial charge in [0.05, 0.1) is 11.1 Å². The van der Waals surface area contributed by atoms with Gasteiger partial charge in [-0.25, -0.2) is 9.78 Å². The summed E-state index contributed by atoms with van der Waals surface area (Å²) >= 11 is 0. The molecule has 21 heavy (non-hydrogen) atoms. The van der Waals surface area contributed by atoms with Gasteiger partial charge in [0, 0.05) is 18.0 Å². The molecule has 0 radical (unpaired) electrons. The number of anilines is 1. The van der Waals surface area contributed by atoms with E-state index in [4.69, 9.17) is 0 Å². The highest BCUT2D eigenvalue weighted by Crippen LogP contribution is 2.32. The van der Waals surface area contributed by atoms with Gasteiger partial charge < -0.3 is 10.0 Å². The molecule has 0 bridgehead atoms. The summed E-state index contributed by atoms with van der Waals surface area (Å²) in [5, 5.41) is 9.94. The Morgan fingerprint density at radius 3 is 2.71 bits per heavy atom. The Bertz CT molecular complexity index is 678. The van der Waals surface area contributed by atoms with Gasteiger partial charge in [0.2, 0.25) is 0 Å². The topological polar surface area (TPSA) is 53.4 Å². The summed E-state index contributed by atoms with van der Waals surface area (Å²) < 4.78 is 0. The molecule has 1 aliphatic carbocycles. The molecular formula is C17H20N2O2. The summed E-state index contributed by atoms with van der Waals surface area (Å²) in [6.07, 6.45) is 2.61. The number of pyridine rings is 1. The average molecular weight is 284 g/mol. The minimum absolute atomic E-state index is 0.310. The Morgan fingerprint density at radius 1 is 1.33 bits per heavy atom. The number of aromatic nitrogens is 1. The van der Waals surface area contributed by atoms with E-state index in [0.717, 1.165) is 23.8 Å². The van der Waals surface area contributed by atoms with Crippen LogP contribution in [-0.2, 0) is 0 Å². The molecule has 0 atom stereocenters. The van der Waals surface area contributed by atoms with Gasteiger partial charge in [-0.3, -0.25) is 0 Å². The number of benzene rings is 1. The molecule has 1 saturated carbocycles. The lowest BCUT2D eigenvalue weighted by atomic mass is 10.1. The monoisotopic (exact) mass is 284 g/mol. The lowest BCUT2D eigenvalue weighted by molar-refractivity contribution is 0.0699. The largest absolute Gasteiger partial charge is 0.478 e. The van der Waals surface area contributed by atoms with Crippen molar-refractivity contribution in [1.82, 2.24) is 4.98 Å². The second kappa shape index (κ2) is 5.35. The van der Waals surface area contributed by atoms with E-state index in [1.54, 1.807) is 12.1 Å². The van der Waals surface area contributed by atoms with Crippen molar-refractivity contribution in [3.63, 3.8) is 0 Å². The van der Waals surface area contributed by atoms with Crippen LogP contribution in [0.25, 0.3) is 10.9 Å². The van der Waals surface area contributed by atoms with Crippen LogP contribution in [0.2, 0.25) is 0 Å². The zero-order valence-electron chi connectivity index (χ0n) is 12.4. The van der Waals surface area contributed by atoms with Crippen molar-refractivity contribution in [3.05, 3.63) is 35.9 Å². The average Bonchev–Trinajstić information content (AvgIpc) is 3.27. The molecule has 0 unspecified atom stereocenters. The van der Waals surface area contributed by atoms with Gasteiger partial charge in [-0.05, 0) is 56.9 Å². The Labute approximate surface area is 124 Å². The number of carbonyl (C=O) groups is 1.